The lowest BCUT2D eigenvalue weighted by molar-refractivity contribution is 0.0651. The number of carbonyl (C=O) groups excluding carboxylic acids is 1. The van der Waals surface area contributed by atoms with E-state index in [-0.39, 0.29) is 11.8 Å². The van der Waals surface area contributed by atoms with Crippen molar-refractivity contribution in [2.24, 2.45) is 5.92 Å². The van der Waals surface area contributed by atoms with Crippen LogP contribution in [0, 0.1) is 5.92 Å². The second-order valence-electron chi connectivity index (χ2n) is 7.04. The number of methoxy groups -OCH3 is 1. The molecule has 0 aliphatic carbocycles. The molecule has 4 rings (SSSR count). The molecule has 2 heterocycles. The second-order valence-corrected chi connectivity index (χ2v) is 7.04. The Balaban J connectivity index is 1.39. The van der Waals surface area contributed by atoms with E-state index in [2.05, 4.69) is 34.5 Å². The number of aromatic nitrogens is 2. The van der Waals surface area contributed by atoms with E-state index in [0.717, 1.165) is 19.3 Å². The molecule has 1 aromatic heterocycles. The lowest BCUT2D eigenvalue weighted by atomic mass is 9.90. The Morgan fingerprint density at radius 1 is 1.07 bits per heavy atom. The summed E-state index contributed by atoms with van der Waals surface area (Å²) in [6, 6.07) is 17.9. The number of rotatable bonds is 5. The van der Waals surface area contributed by atoms with Crippen LogP contribution < -0.4 is 4.74 Å². The molecule has 0 bridgehead atoms. The third-order valence-electron chi connectivity index (χ3n) is 5.21. The molecule has 1 amide bonds. The van der Waals surface area contributed by atoms with Gasteiger partial charge in [0.05, 0.1) is 12.7 Å². The van der Waals surface area contributed by atoms with Crippen molar-refractivity contribution in [3.8, 4) is 17.2 Å². The molecule has 144 valence electrons. The van der Waals surface area contributed by atoms with Crippen molar-refractivity contribution in [2.75, 3.05) is 20.2 Å². The maximum atomic E-state index is 12.8. The van der Waals surface area contributed by atoms with Gasteiger partial charge in [-0.05, 0) is 42.9 Å². The molecule has 0 spiro atoms. The fourth-order valence-corrected chi connectivity index (χ4v) is 3.66. The molecule has 2 aromatic carbocycles. The molecule has 1 saturated heterocycles. The molecule has 6 heteroatoms. The highest BCUT2D eigenvalue weighted by atomic mass is 16.5. The summed E-state index contributed by atoms with van der Waals surface area (Å²) in [5.41, 5.74) is 2.03. The molecule has 0 N–H and O–H groups in total. The molecule has 1 aliphatic rings. The number of nitrogens with zero attached hydrogens (tertiary/aromatic N) is 3. The number of hydrogen-bond acceptors (Lipinski definition) is 5. The molecule has 0 saturated carbocycles. The average Bonchev–Trinajstić information content (AvgIpc) is 3.24. The molecule has 3 aromatic rings. The monoisotopic (exact) mass is 377 g/mol. The van der Waals surface area contributed by atoms with Crippen LogP contribution >= 0.6 is 0 Å². The number of para-hydroxylation sites is 1. The number of piperidine rings is 1. The zero-order valence-electron chi connectivity index (χ0n) is 15.9. The van der Waals surface area contributed by atoms with Gasteiger partial charge in [0.2, 0.25) is 0 Å². The largest absolute Gasteiger partial charge is 0.496 e. The molecular formula is C22H23N3O3. The van der Waals surface area contributed by atoms with Crippen molar-refractivity contribution in [3.63, 3.8) is 0 Å². The Kier molecular flexibility index (Phi) is 5.37. The SMILES string of the molecule is COc1ccccc1-c1nnc(C(=O)N2CCC(Cc3ccccc3)CC2)o1. The van der Waals surface area contributed by atoms with Crippen LogP contribution in [-0.2, 0) is 6.42 Å². The van der Waals surface area contributed by atoms with Gasteiger partial charge in [-0.2, -0.15) is 0 Å². The number of ether oxygens (including phenoxy) is 1. The minimum Gasteiger partial charge on any atom is -0.496 e. The van der Waals surface area contributed by atoms with Gasteiger partial charge in [-0.3, -0.25) is 4.79 Å². The predicted octanol–water partition coefficient (Wildman–Crippen LogP) is 3.84. The van der Waals surface area contributed by atoms with Gasteiger partial charge >= 0.3 is 11.8 Å². The summed E-state index contributed by atoms with van der Waals surface area (Å²) in [4.78, 5) is 14.6. The normalized spacial score (nSPS) is 14.8. The van der Waals surface area contributed by atoms with Crippen molar-refractivity contribution in [1.82, 2.24) is 15.1 Å². The van der Waals surface area contributed by atoms with E-state index in [9.17, 15) is 4.79 Å². The second kappa shape index (κ2) is 8.25. The van der Waals surface area contributed by atoms with E-state index in [4.69, 9.17) is 9.15 Å². The van der Waals surface area contributed by atoms with Gasteiger partial charge in [0.1, 0.15) is 5.75 Å². The first-order chi connectivity index (χ1) is 13.7. The topological polar surface area (TPSA) is 68.5 Å². The van der Waals surface area contributed by atoms with Gasteiger partial charge in [-0.1, -0.05) is 42.5 Å². The van der Waals surface area contributed by atoms with Crippen LogP contribution in [0.4, 0.5) is 0 Å². The minimum atomic E-state index is -0.202. The van der Waals surface area contributed by atoms with E-state index in [1.165, 1.54) is 5.56 Å². The zero-order chi connectivity index (χ0) is 19.3. The summed E-state index contributed by atoms with van der Waals surface area (Å²) >= 11 is 0. The fraction of sp³-hybridized carbons (Fsp3) is 0.318. The van der Waals surface area contributed by atoms with Crippen LogP contribution in [0.25, 0.3) is 11.5 Å². The summed E-state index contributed by atoms with van der Waals surface area (Å²) in [6.45, 7) is 1.42. The summed E-state index contributed by atoms with van der Waals surface area (Å²) in [5, 5.41) is 8.00. The number of carbonyl (C=O) groups is 1. The van der Waals surface area contributed by atoms with Crippen LogP contribution in [0.3, 0.4) is 0 Å². The predicted molar refractivity (Wildman–Crippen MR) is 105 cm³/mol. The zero-order valence-corrected chi connectivity index (χ0v) is 15.9. The lowest BCUT2D eigenvalue weighted by Crippen LogP contribution is -2.39. The van der Waals surface area contributed by atoms with Gasteiger partial charge < -0.3 is 14.1 Å². The summed E-state index contributed by atoms with van der Waals surface area (Å²) < 4.78 is 11.0. The maximum Gasteiger partial charge on any atom is 0.311 e. The molecular weight excluding hydrogens is 354 g/mol. The Morgan fingerprint density at radius 2 is 1.79 bits per heavy atom. The van der Waals surface area contributed by atoms with Crippen molar-refractivity contribution in [1.29, 1.82) is 0 Å². The third-order valence-corrected chi connectivity index (χ3v) is 5.21. The Hall–Kier alpha value is -3.15. The molecule has 28 heavy (non-hydrogen) atoms. The highest BCUT2D eigenvalue weighted by Gasteiger charge is 2.27. The van der Waals surface area contributed by atoms with E-state index >= 15 is 0 Å². The van der Waals surface area contributed by atoms with Crippen molar-refractivity contribution in [2.45, 2.75) is 19.3 Å². The van der Waals surface area contributed by atoms with Crippen LogP contribution in [0.2, 0.25) is 0 Å². The van der Waals surface area contributed by atoms with Gasteiger partial charge in [-0.25, -0.2) is 0 Å². The Morgan fingerprint density at radius 3 is 2.54 bits per heavy atom. The summed E-state index contributed by atoms with van der Waals surface area (Å²) in [5.74, 6) is 1.35. The third kappa shape index (κ3) is 3.91. The molecule has 1 fully saturated rings. The Bertz CT molecular complexity index is 931. The van der Waals surface area contributed by atoms with Crippen LogP contribution in [0.1, 0.15) is 29.1 Å². The summed E-state index contributed by atoms with van der Waals surface area (Å²) in [7, 11) is 1.58. The van der Waals surface area contributed by atoms with E-state index in [1.54, 1.807) is 12.0 Å². The van der Waals surface area contributed by atoms with Gasteiger partial charge in [0.25, 0.3) is 5.89 Å². The van der Waals surface area contributed by atoms with Crippen molar-refractivity contribution in [3.05, 3.63) is 66.1 Å². The smallest absolute Gasteiger partial charge is 0.311 e. The van der Waals surface area contributed by atoms with Crippen molar-refractivity contribution >= 4 is 5.91 Å². The molecule has 1 aliphatic heterocycles. The first-order valence-corrected chi connectivity index (χ1v) is 9.54. The number of benzene rings is 2. The van der Waals surface area contributed by atoms with Gasteiger partial charge in [0.15, 0.2) is 0 Å². The first-order valence-electron chi connectivity index (χ1n) is 9.54. The molecule has 0 radical (unpaired) electrons. The van der Waals surface area contributed by atoms with Gasteiger partial charge in [0, 0.05) is 13.1 Å². The minimum absolute atomic E-state index is 0.0300. The van der Waals surface area contributed by atoms with Crippen LogP contribution in [0.5, 0.6) is 5.75 Å². The number of hydrogen-bond donors (Lipinski definition) is 0. The summed E-state index contributed by atoms with van der Waals surface area (Å²) in [6.07, 6.45) is 3.02. The molecule has 0 atom stereocenters. The van der Waals surface area contributed by atoms with E-state index in [1.807, 2.05) is 30.3 Å². The van der Waals surface area contributed by atoms with Crippen LogP contribution in [0.15, 0.2) is 59.0 Å². The first kappa shape index (κ1) is 18.2. The number of likely N-dealkylation sites (tertiary alicyclic amines) is 1. The average molecular weight is 377 g/mol. The van der Waals surface area contributed by atoms with Crippen molar-refractivity contribution < 1.29 is 13.9 Å². The van der Waals surface area contributed by atoms with E-state index < -0.39 is 0 Å². The van der Waals surface area contributed by atoms with Crippen LogP contribution in [-0.4, -0.2) is 41.2 Å². The Labute approximate surface area is 164 Å². The standard InChI is InChI=1S/C22H23N3O3/c1-27-19-10-6-5-9-18(19)20-23-24-21(28-20)22(26)25-13-11-17(12-14-25)15-16-7-3-2-4-8-16/h2-10,17H,11-15H2,1H3. The lowest BCUT2D eigenvalue weighted by Gasteiger charge is -2.31. The molecule has 0 unspecified atom stereocenters. The quantitative estimate of drug-likeness (QED) is 0.676. The van der Waals surface area contributed by atoms with E-state index in [0.29, 0.717) is 36.2 Å². The highest BCUT2D eigenvalue weighted by molar-refractivity contribution is 5.89. The van der Waals surface area contributed by atoms with Gasteiger partial charge in [-0.15, -0.1) is 10.2 Å². The maximum absolute atomic E-state index is 12.8. The fourth-order valence-electron chi connectivity index (χ4n) is 3.66. The number of amides is 1. The molecule has 6 nitrogen and oxygen atoms in total. The highest BCUT2D eigenvalue weighted by Crippen LogP contribution is 2.29.